The molecule has 0 aromatic heterocycles. The topological polar surface area (TPSA) is 122 Å². The highest BCUT2D eigenvalue weighted by Crippen LogP contribution is 2.29. The Morgan fingerprint density at radius 2 is 2.04 bits per heavy atom. The van der Waals surface area contributed by atoms with Gasteiger partial charge in [0.2, 0.25) is 11.8 Å². The first kappa shape index (κ1) is 18.2. The molecular formula is C18H22N4O4. The third-order valence-electron chi connectivity index (χ3n) is 4.77. The Morgan fingerprint density at radius 3 is 2.73 bits per heavy atom. The van der Waals surface area contributed by atoms with Gasteiger partial charge in [-0.15, -0.1) is 0 Å². The number of carbonyl (C=O) groups excluding carboxylic acids is 4. The number of piperidine rings is 1. The largest absolute Gasteiger partial charge is 0.330 e. The van der Waals surface area contributed by atoms with E-state index in [0.29, 0.717) is 42.2 Å². The van der Waals surface area contributed by atoms with E-state index in [9.17, 15) is 19.2 Å². The highest BCUT2D eigenvalue weighted by atomic mass is 16.2. The maximum Gasteiger partial charge on any atom is 0.262 e. The van der Waals surface area contributed by atoms with Crippen molar-refractivity contribution in [2.24, 2.45) is 11.7 Å². The maximum atomic E-state index is 12.9. The summed E-state index contributed by atoms with van der Waals surface area (Å²) < 4.78 is 0. The molecule has 2 heterocycles. The molecule has 1 saturated heterocycles. The molecule has 0 bridgehead atoms. The lowest BCUT2D eigenvalue weighted by molar-refractivity contribution is -0.136. The Kier molecular flexibility index (Phi) is 5.15. The van der Waals surface area contributed by atoms with Crippen molar-refractivity contribution in [1.82, 2.24) is 15.5 Å². The minimum atomic E-state index is -0.946. The second-order valence-corrected chi connectivity index (χ2v) is 6.76. The molecule has 1 aromatic carbocycles. The van der Waals surface area contributed by atoms with Crippen LogP contribution in [0.5, 0.6) is 0 Å². The highest BCUT2D eigenvalue weighted by molar-refractivity contribution is 6.24. The number of benzene rings is 1. The Labute approximate surface area is 151 Å². The number of amides is 4. The van der Waals surface area contributed by atoms with Crippen LogP contribution < -0.4 is 16.4 Å². The van der Waals surface area contributed by atoms with Crippen molar-refractivity contribution in [2.75, 3.05) is 13.1 Å². The van der Waals surface area contributed by atoms with Gasteiger partial charge in [0.05, 0.1) is 11.1 Å². The summed E-state index contributed by atoms with van der Waals surface area (Å²) in [6, 6.07) is 4.16. The van der Waals surface area contributed by atoms with Crippen LogP contribution in [-0.4, -0.2) is 47.7 Å². The van der Waals surface area contributed by atoms with Crippen LogP contribution in [0.3, 0.4) is 0 Å². The number of hydrogen-bond donors (Lipinski definition) is 3. The van der Waals surface area contributed by atoms with E-state index in [1.54, 1.807) is 18.2 Å². The molecular weight excluding hydrogens is 336 g/mol. The van der Waals surface area contributed by atoms with Crippen molar-refractivity contribution in [1.29, 1.82) is 0 Å². The first-order valence-corrected chi connectivity index (χ1v) is 8.68. The Morgan fingerprint density at radius 1 is 1.27 bits per heavy atom. The smallest absolute Gasteiger partial charge is 0.262 e. The molecule has 26 heavy (non-hydrogen) atoms. The van der Waals surface area contributed by atoms with Crippen molar-refractivity contribution < 1.29 is 19.2 Å². The Bertz CT molecular complexity index is 776. The van der Waals surface area contributed by atoms with Crippen LogP contribution in [0.15, 0.2) is 18.2 Å². The second kappa shape index (κ2) is 7.35. The van der Waals surface area contributed by atoms with Gasteiger partial charge in [-0.2, -0.15) is 0 Å². The Balaban J connectivity index is 1.82. The molecule has 0 saturated carbocycles. The SMILES string of the molecule is CC(CN)CNCc1cccc2c1C(=O)N(C1CCC(=O)NC1=O)C2=O. The van der Waals surface area contributed by atoms with E-state index in [1.165, 1.54) is 0 Å². The molecule has 1 fully saturated rings. The molecule has 0 radical (unpaired) electrons. The van der Waals surface area contributed by atoms with Crippen LogP contribution >= 0.6 is 0 Å². The Hall–Kier alpha value is -2.58. The fourth-order valence-electron chi connectivity index (χ4n) is 3.27. The van der Waals surface area contributed by atoms with Gasteiger partial charge < -0.3 is 11.1 Å². The van der Waals surface area contributed by atoms with E-state index in [-0.39, 0.29) is 18.7 Å². The molecule has 0 aliphatic carbocycles. The van der Waals surface area contributed by atoms with E-state index >= 15 is 0 Å². The van der Waals surface area contributed by atoms with Crippen molar-refractivity contribution in [2.45, 2.75) is 32.4 Å². The van der Waals surface area contributed by atoms with Crippen LogP contribution in [0.1, 0.15) is 46.0 Å². The molecule has 1 aromatic rings. The first-order chi connectivity index (χ1) is 12.4. The first-order valence-electron chi connectivity index (χ1n) is 8.68. The molecule has 8 nitrogen and oxygen atoms in total. The van der Waals surface area contributed by atoms with Gasteiger partial charge >= 0.3 is 0 Å². The maximum absolute atomic E-state index is 12.9. The normalized spacial score (nSPS) is 21.0. The number of nitrogens with two attached hydrogens (primary N) is 1. The minimum absolute atomic E-state index is 0.106. The molecule has 4 N–H and O–H groups in total. The van der Waals surface area contributed by atoms with E-state index in [1.807, 2.05) is 6.92 Å². The predicted octanol–water partition coefficient (Wildman–Crippen LogP) is -0.228. The number of rotatable bonds is 6. The number of fused-ring (bicyclic) bond motifs is 1. The lowest BCUT2D eigenvalue weighted by Gasteiger charge is -2.27. The highest BCUT2D eigenvalue weighted by Gasteiger charge is 2.45. The molecule has 0 spiro atoms. The molecule has 138 valence electrons. The van der Waals surface area contributed by atoms with Gasteiger partial charge in [-0.1, -0.05) is 19.1 Å². The molecule has 8 heteroatoms. The number of imide groups is 2. The minimum Gasteiger partial charge on any atom is -0.330 e. The molecule has 2 unspecified atom stereocenters. The summed E-state index contributed by atoms with van der Waals surface area (Å²) in [5.41, 5.74) is 6.93. The summed E-state index contributed by atoms with van der Waals surface area (Å²) in [7, 11) is 0. The fraction of sp³-hybridized carbons (Fsp3) is 0.444. The van der Waals surface area contributed by atoms with Crippen LogP contribution in [0.4, 0.5) is 0 Å². The third-order valence-corrected chi connectivity index (χ3v) is 4.77. The van der Waals surface area contributed by atoms with Crippen LogP contribution in [0, 0.1) is 5.92 Å². The fourth-order valence-corrected chi connectivity index (χ4v) is 3.27. The van der Waals surface area contributed by atoms with E-state index in [0.717, 1.165) is 4.90 Å². The molecule has 3 rings (SSSR count). The van der Waals surface area contributed by atoms with Crippen molar-refractivity contribution in [3.63, 3.8) is 0 Å². The van der Waals surface area contributed by atoms with Gasteiger partial charge in [0.15, 0.2) is 0 Å². The van der Waals surface area contributed by atoms with E-state index in [2.05, 4.69) is 10.6 Å². The number of nitrogens with one attached hydrogen (secondary N) is 2. The van der Waals surface area contributed by atoms with Crippen LogP contribution in [-0.2, 0) is 16.1 Å². The summed E-state index contributed by atoms with van der Waals surface area (Å²) in [5, 5.41) is 5.43. The zero-order chi connectivity index (χ0) is 18.8. The zero-order valence-electron chi connectivity index (χ0n) is 14.6. The predicted molar refractivity (Wildman–Crippen MR) is 93.0 cm³/mol. The summed E-state index contributed by atoms with van der Waals surface area (Å²) in [4.78, 5) is 50.0. The lowest BCUT2D eigenvalue weighted by atomic mass is 10.0. The summed E-state index contributed by atoms with van der Waals surface area (Å²) in [6.45, 7) is 3.69. The van der Waals surface area contributed by atoms with Gasteiger partial charge in [0.1, 0.15) is 6.04 Å². The monoisotopic (exact) mass is 358 g/mol. The third kappa shape index (κ3) is 3.25. The lowest BCUT2D eigenvalue weighted by Crippen LogP contribution is -2.54. The van der Waals surface area contributed by atoms with E-state index < -0.39 is 23.8 Å². The molecule has 2 atom stereocenters. The van der Waals surface area contributed by atoms with Crippen molar-refractivity contribution in [3.8, 4) is 0 Å². The van der Waals surface area contributed by atoms with Gasteiger partial charge in [0, 0.05) is 13.0 Å². The van der Waals surface area contributed by atoms with Crippen molar-refractivity contribution >= 4 is 23.6 Å². The number of hydrogen-bond acceptors (Lipinski definition) is 6. The average molecular weight is 358 g/mol. The number of carbonyl (C=O) groups is 4. The van der Waals surface area contributed by atoms with Gasteiger partial charge in [0.25, 0.3) is 11.8 Å². The summed E-state index contributed by atoms with van der Waals surface area (Å²) >= 11 is 0. The average Bonchev–Trinajstić information content (AvgIpc) is 2.87. The van der Waals surface area contributed by atoms with Gasteiger partial charge in [-0.25, -0.2) is 0 Å². The van der Waals surface area contributed by atoms with Crippen molar-refractivity contribution in [3.05, 3.63) is 34.9 Å². The zero-order valence-corrected chi connectivity index (χ0v) is 14.6. The summed E-state index contributed by atoms with van der Waals surface area (Å²) in [6.07, 6.45) is 0.257. The van der Waals surface area contributed by atoms with Crippen LogP contribution in [0.2, 0.25) is 0 Å². The standard InChI is InChI=1S/C18H22N4O4/c1-10(7-19)8-20-9-11-3-2-4-12-15(11)18(26)22(17(12)25)13-5-6-14(23)21-16(13)24/h2-4,10,13,20H,5-9,19H2,1H3,(H,21,23,24). The second-order valence-electron chi connectivity index (χ2n) is 6.76. The summed E-state index contributed by atoms with van der Waals surface area (Å²) in [5.74, 6) is -1.67. The molecule has 2 aliphatic heterocycles. The van der Waals surface area contributed by atoms with Gasteiger partial charge in [-0.05, 0) is 37.1 Å². The van der Waals surface area contributed by atoms with Gasteiger partial charge in [-0.3, -0.25) is 29.4 Å². The van der Waals surface area contributed by atoms with E-state index in [4.69, 9.17) is 5.73 Å². The number of nitrogens with zero attached hydrogens (tertiary/aromatic N) is 1. The molecule has 2 aliphatic rings. The van der Waals surface area contributed by atoms with Crippen LogP contribution in [0.25, 0.3) is 0 Å². The quantitative estimate of drug-likeness (QED) is 0.604. The molecule has 4 amide bonds.